The van der Waals surface area contributed by atoms with E-state index in [2.05, 4.69) is 11.8 Å². The van der Waals surface area contributed by atoms with Crippen molar-refractivity contribution in [1.29, 1.82) is 0 Å². The van der Waals surface area contributed by atoms with E-state index in [1.165, 1.54) is 0 Å². The van der Waals surface area contributed by atoms with E-state index in [0.717, 1.165) is 17.9 Å². The van der Waals surface area contributed by atoms with Crippen LogP contribution in [0, 0.1) is 0 Å². The molecule has 1 aromatic carbocycles. The van der Waals surface area contributed by atoms with Crippen LogP contribution < -0.4 is 4.74 Å². The largest absolute Gasteiger partial charge is 0.491 e. The van der Waals surface area contributed by atoms with Gasteiger partial charge in [0.1, 0.15) is 5.75 Å². The lowest BCUT2D eigenvalue weighted by Gasteiger charge is -2.19. The molecule has 0 amide bonds. The molecule has 0 saturated carbocycles. The van der Waals surface area contributed by atoms with Gasteiger partial charge in [-0.25, -0.2) is 0 Å². The van der Waals surface area contributed by atoms with Crippen molar-refractivity contribution < 1.29 is 9.84 Å². The van der Waals surface area contributed by atoms with Gasteiger partial charge in [0.2, 0.25) is 0 Å². The second-order valence-corrected chi connectivity index (χ2v) is 4.61. The quantitative estimate of drug-likeness (QED) is 0.825. The number of ether oxygens (including phenoxy) is 1. The molecule has 1 rings (SSSR count). The van der Waals surface area contributed by atoms with Gasteiger partial charge in [-0.3, -0.25) is 0 Å². The molecule has 0 radical (unpaired) electrons. The molecular formula is C14H23NO2. The molecule has 0 aliphatic heterocycles. The summed E-state index contributed by atoms with van der Waals surface area (Å²) in [6, 6.07) is 7.66. The molecule has 0 aliphatic carbocycles. The predicted molar refractivity (Wildman–Crippen MR) is 70.3 cm³/mol. The summed E-state index contributed by atoms with van der Waals surface area (Å²) in [5, 5.41) is 10.0. The number of benzene rings is 1. The maximum Gasteiger partial charge on any atom is 0.119 e. The Morgan fingerprint density at radius 3 is 2.29 bits per heavy atom. The van der Waals surface area contributed by atoms with Crippen LogP contribution in [0.4, 0.5) is 0 Å². The lowest BCUT2D eigenvalue weighted by molar-refractivity contribution is 0.129. The van der Waals surface area contributed by atoms with Crippen LogP contribution in [0.5, 0.6) is 5.75 Å². The normalized spacial score (nSPS) is 13.1. The minimum atomic E-state index is -0.437. The number of rotatable bonds is 6. The number of likely N-dealkylation sites (N-methyl/N-ethyl adjacent to an activating group) is 1. The van der Waals surface area contributed by atoms with Gasteiger partial charge in [-0.15, -0.1) is 0 Å². The van der Waals surface area contributed by atoms with Crippen LogP contribution in [0.3, 0.4) is 0 Å². The summed E-state index contributed by atoms with van der Waals surface area (Å²) in [6.45, 7) is 7.66. The smallest absolute Gasteiger partial charge is 0.119 e. The Balaban J connectivity index is 2.60. The van der Waals surface area contributed by atoms with Crippen molar-refractivity contribution >= 4 is 0 Å². The Hall–Kier alpha value is -1.06. The van der Waals surface area contributed by atoms with Crippen LogP contribution in [-0.2, 0) is 0 Å². The number of hydrogen-bond acceptors (Lipinski definition) is 3. The van der Waals surface area contributed by atoms with E-state index in [4.69, 9.17) is 4.74 Å². The molecule has 1 aromatic rings. The molecule has 0 bridgehead atoms. The van der Waals surface area contributed by atoms with E-state index in [0.29, 0.717) is 6.54 Å². The lowest BCUT2D eigenvalue weighted by Crippen LogP contribution is -2.24. The second kappa shape index (κ2) is 6.62. The Morgan fingerprint density at radius 2 is 1.82 bits per heavy atom. The average molecular weight is 237 g/mol. The molecule has 1 atom stereocenters. The van der Waals surface area contributed by atoms with Gasteiger partial charge in [-0.05, 0) is 45.1 Å². The summed E-state index contributed by atoms with van der Waals surface area (Å²) in [5.41, 5.74) is 0.932. The molecular weight excluding hydrogens is 214 g/mol. The first-order valence-electron chi connectivity index (χ1n) is 6.16. The van der Waals surface area contributed by atoms with Gasteiger partial charge in [0, 0.05) is 6.54 Å². The maximum atomic E-state index is 10.0. The van der Waals surface area contributed by atoms with Crippen LogP contribution >= 0.6 is 0 Å². The highest BCUT2D eigenvalue weighted by Crippen LogP contribution is 2.19. The Bertz CT molecular complexity index is 321. The summed E-state index contributed by atoms with van der Waals surface area (Å²) < 4.78 is 5.56. The van der Waals surface area contributed by atoms with Crippen LogP contribution in [0.15, 0.2) is 24.3 Å². The number of aliphatic hydroxyl groups is 1. The Kier molecular flexibility index (Phi) is 5.45. The fourth-order valence-electron chi connectivity index (χ4n) is 1.57. The molecule has 0 spiro atoms. The fourth-order valence-corrected chi connectivity index (χ4v) is 1.57. The summed E-state index contributed by atoms with van der Waals surface area (Å²) in [4.78, 5) is 2.09. The summed E-state index contributed by atoms with van der Waals surface area (Å²) in [7, 11) is 2.00. The Labute approximate surface area is 104 Å². The van der Waals surface area contributed by atoms with E-state index in [1.54, 1.807) is 0 Å². The number of aliphatic hydroxyl groups excluding tert-OH is 1. The summed E-state index contributed by atoms with van der Waals surface area (Å²) >= 11 is 0. The van der Waals surface area contributed by atoms with E-state index in [-0.39, 0.29) is 6.10 Å². The zero-order valence-corrected chi connectivity index (χ0v) is 11.2. The minimum Gasteiger partial charge on any atom is -0.491 e. The van der Waals surface area contributed by atoms with Crippen LogP contribution in [-0.4, -0.2) is 36.2 Å². The molecule has 3 nitrogen and oxygen atoms in total. The van der Waals surface area contributed by atoms with E-state index in [9.17, 15) is 5.11 Å². The SMILES string of the molecule is CCN(C)CC(O)c1ccc(OC(C)C)cc1. The third-order valence-electron chi connectivity index (χ3n) is 2.66. The average Bonchev–Trinajstić information content (AvgIpc) is 2.28. The van der Waals surface area contributed by atoms with Crippen molar-refractivity contribution in [3.05, 3.63) is 29.8 Å². The van der Waals surface area contributed by atoms with Gasteiger partial charge >= 0.3 is 0 Å². The molecule has 0 fully saturated rings. The number of hydrogen-bond donors (Lipinski definition) is 1. The molecule has 0 aromatic heterocycles. The standard InChI is InChI=1S/C14H23NO2/c1-5-15(4)10-14(16)12-6-8-13(9-7-12)17-11(2)3/h6-9,11,14,16H,5,10H2,1-4H3. The number of nitrogens with zero attached hydrogens (tertiary/aromatic N) is 1. The molecule has 1 unspecified atom stereocenters. The van der Waals surface area contributed by atoms with Gasteiger partial charge in [0.05, 0.1) is 12.2 Å². The highest BCUT2D eigenvalue weighted by Gasteiger charge is 2.09. The van der Waals surface area contributed by atoms with Gasteiger partial charge in [-0.1, -0.05) is 19.1 Å². The molecule has 96 valence electrons. The van der Waals surface area contributed by atoms with Gasteiger partial charge in [0.25, 0.3) is 0 Å². The lowest BCUT2D eigenvalue weighted by atomic mass is 10.1. The fraction of sp³-hybridized carbons (Fsp3) is 0.571. The van der Waals surface area contributed by atoms with Crippen molar-refractivity contribution in [1.82, 2.24) is 4.90 Å². The summed E-state index contributed by atoms with van der Waals surface area (Å²) in [6.07, 6.45) is -0.259. The van der Waals surface area contributed by atoms with Crippen molar-refractivity contribution in [3.8, 4) is 5.75 Å². The maximum absolute atomic E-state index is 10.0. The van der Waals surface area contributed by atoms with Crippen molar-refractivity contribution in [2.24, 2.45) is 0 Å². The molecule has 0 aliphatic rings. The van der Waals surface area contributed by atoms with Gasteiger partial charge in [-0.2, -0.15) is 0 Å². The van der Waals surface area contributed by atoms with Gasteiger partial charge in [0.15, 0.2) is 0 Å². The predicted octanol–water partition coefficient (Wildman–Crippen LogP) is 2.46. The third kappa shape index (κ3) is 4.75. The van der Waals surface area contributed by atoms with Gasteiger partial charge < -0.3 is 14.7 Å². The molecule has 0 heterocycles. The first-order chi connectivity index (χ1) is 8.02. The zero-order valence-electron chi connectivity index (χ0n) is 11.2. The molecule has 1 N–H and O–H groups in total. The Morgan fingerprint density at radius 1 is 1.24 bits per heavy atom. The van der Waals surface area contributed by atoms with E-state index in [1.807, 2.05) is 45.2 Å². The highest BCUT2D eigenvalue weighted by atomic mass is 16.5. The highest BCUT2D eigenvalue weighted by molar-refractivity contribution is 5.28. The topological polar surface area (TPSA) is 32.7 Å². The van der Waals surface area contributed by atoms with E-state index < -0.39 is 6.10 Å². The molecule has 3 heteroatoms. The molecule has 0 saturated heterocycles. The van der Waals surface area contributed by atoms with Crippen LogP contribution in [0.25, 0.3) is 0 Å². The second-order valence-electron chi connectivity index (χ2n) is 4.61. The molecule has 17 heavy (non-hydrogen) atoms. The van der Waals surface area contributed by atoms with Crippen molar-refractivity contribution in [2.75, 3.05) is 20.1 Å². The van der Waals surface area contributed by atoms with Crippen molar-refractivity contribution in [3.63, 3.8) is 0 Å². The summed E-state index contributed by atoms with van der Waals surface area (Å²) in [5.74, 6) is 0.847. The monoisotopic (exact) mass is 237 g/mol. The first kappa shape index (κ1) is 14.0. The van der Waals surface area contributed by atoms with Crippen molar-refractivity contribution in [2.45, 2.75) is 33.0 Å². The van der Waals surface area contributed by atoms with Crippen LogP contribution in [0.2, 0.25) is 0 Å². The zero-order chi connectivity index (χ0) is 12.8. The van der Waals surface area contributed by atoms with E-state index >= 15 is 0 Å². The minimum absolute atomic E-state index is 0.178. The third-order valence-corrected chi connectivity index (χ3v) is 2.66. The van der Waals surface area contributed by atoms with Crippen LogP contribution in [0.1, 0.15) is 32.4 Å². The first-order valence-corrected chi connectivity index (χ1v) is 6.16.